The van der Waals surface area contributed by atoms with Gasteiger partial charge in [0.2, 0.25) is 0 Å². The van der Waals surface area contributed by atoms with Crippen LogP contribution in [0.3, 0.4) is 0 Å². The Hall–Kier alpha value is -3.22. The third kappa shape index (κ3) is 5.64. The molecule has 2 rings (SSSR count). The van der Waals surface area contributed by atoms with E-state index in [0.29, 0.717) is 22.9 Å². The molecule has 0 amide bonds. The number of benzene rings is 2. The van der Waals surface area contributed by atoms with Gasteiger partial charge in [-0.2, -0.15) is 13.2 Å². The lowest BCUT2D eigenvalue weighted by Crippen LogP contribution is -2.27. The summed E-state index contributed by atoms with van der Waals surface area (Å²) in [6.45, 7) is 1.05. The van der Waals surface area contributed by atoms with Crippen LogP contribution in [0.1, 0.15) is 27.6 Å². The number of carbonyl (C=O) groups excluding carboxylic acids is 3. The molecule has 2 aromatic rings. The first-order valence-electron chi connectivity index (χ1n) is 7.93. The minimum absolute atomic E-state index is 0.235. The Morgan fingerprint density at radius 3 is 2.19 bits per heavy atom. The molecule has 27 heavy (non-hydrogen) atoms. The molecule has 0 saturated heterocycles. The van der Waals surface area contributed by atoms with Crippen LogP contribution in [0.5, 0.6) is 0 Å². The lowest BCUT2D eigenvalue weighted by atomic mass is 10.1. The number of rotatable bonds is 7. The van der Waals surface area contributed by atoms with Crippen LogP contribution in [0.4, 0.5) is 18.9 Å². The van der Waals surface area contributed by atoms with Crippen LogP contribution in [-0.4, -0.2) is 30.1 Å². The monoisotopic (exact) mass is 375 g/mol. The van der Waals surface area contributed by atoms with Crippen LogP contribution >= 0.6 is 0 Å². The zero-order valence-electron chi connectivity index (χ0n) is 14.4. The molecule has 0 aliphatic heterocycles. The number of nitrogens with zero attached hydrogens (tertiary/aromatic N) is 1. The summed E-state index contributed by atoms with van der Waals surface area (Å²) in [5, 5.41) is 0. The first kappa shape index (κ1) is 20.1. The number of hydrogen-bond donors (Lipinski definition) is 0. The van der Waals surface area contributed by atoms with Gasteiger partial charge in [-0.25, -0.2) is 0 Å². The minimum atomic E-state index is -5.01. The maximum absolute atomic E-state index is 12.5. The molecule has 0 atom stereocenters. The van der Waals surface area contributed by atoms with Gasteiger partial charge in [-0.3, -0.25) is 14.4 Å². The summed E-state index contributed by atoms with van der Waals surface area (Å²) in [4.78, 5) is 36.3. The van der Waals surface area contributed by atoms with Crippen molar-refractivity contribution in [3.05, 3.63) is 78.0 Å². The molecule has 0 aromatic heterocycles. The van der Waals surface area contributed by atoms with E-state index in [1.807, 2.05) is 0 Å². The minimum Gasteiger partial charge on any atom is -0.340 e. The number of carbonyl (C=O) groups is 3. The summed E-state index contributed by atoms with van der Waals surface area (Å²) < 4.78 is 37.4. The van der Waals surface area contributed by atoms with Gasteiger partial charge in [0, 0.05) is 29.1 Å². The van der Waals surface area contributed by atoms with E-state index in [1.54, 1.807) is 42.5 Å². The zero-order chi connectivity index (χ0) is 20.0. The van der Waals surface area contributed by atoms with Crippen molar-refractivity contribution in [2.24, 2.45) is 0 Å². The molecule has 4 nitrogen and oxygen atoms in total. The molecule has 7 heteroatoms. The molecule has 0 aliphatic carbocycles. The van der Waals surface area contributed by atoms with Crippen molar-refractivity contribution < 1.29 is 27.6 Å². The van der Waals surface area contributed by atoms with Gasteiger partial charge >= 0.3 is 6.18 Å². The van der Waals surface area contributed by atoms with Crippen LogP contribution in [0, 0.1) is 0 Å². The molecule has 140 valence electrons. The van der Waals surface area contributed by atoms with E-state index in [9.17, 15) is 27.6 Å². The van der Waals surface area contributed by atoms with Gasteiger partial charge in [0.05, 0.1) is 6.54 Å². The van der Waals surface area contributed by atoms with Crippen molar-refractivity contribution in [3.63, 3.8) is 0 Å². The van der Waals surface area contributed by atoms with Gasteiger partial charge in [-0.15, -0.1) is 0 Å². The molecule has 0 unspecified atom stereocenters. The molecule has 2 aromatic carbocycles. The first-order chi connectivity index (χ1) is 12.7. The van der Waals surface area contributed by atoms with E-state index in [1.165, 1.54) is 24.0 Å². The lowest BCUT2D eigenvalue weighted by Gasteiger charge is -2.20. The Bertz CT molecular complexity index is 874. The Labute approximate surface area is 153 Å². The Morgan fingerprint density at radius 2 is 1.59 bits per heavy atom. The number of alkyl halides is 3. The number of hydrogen-bond acceptors (Lipinski definition) is 4. The normalized spacial score (nSPS) is 11.4. The lowest BCUT2D eigenvalue weighted by molar-refractivity contribution is -0.165. The van der Waals surface area contributed by atoms with Gasteiger partial charge in [-0.1, -0.05) is 42.5 Å². The van der Waals surface area contributed by atoms with Gasteiger partial charge in [0.15, 0.2) is 11.6 Å². The van der Waals surface area contributed by atoms with Gasteiger partial charge in [-0.05, 0) is 19.1 Å². The predicted octanol–water partition coefficient (Wildman–Crippen LogP) is 4.22. The molecule has 0 heterocycles. The van der Waals surface area contributed by atoms with Crippen LogP contribution in [0.2, 0.25) is 0 Å². The number of halogens is 3. The fourth-order valence-corrected chi connectivity index (χ4v) is 2.26. The van der Waals surface area contributed by atoms with E-state index in [-0.39, 0.29) is 18.1 Å². The first-order valence-corrected chi connectivity index (χ1v) is 7.93. The molecule has 0 radical (unpaired) electrons. The molecule has 0 bridgehead atoms. The van der Waals surface area contributed by atoms with Crippen LogP contribution < -0.4 is 4.90 Å². The van der Waals surface area contributed by atoms with Crippen molar-refractivity contribution in [1.82, 2.24) is 0 Å². The Balaban J connectivity index is 2.35. The molecule has 0 saturated carbocycles. The second-order valence-corrected chi connectivity index (χ2v) is 5.70. The number of allylic oxidation sites excluding steroid dienone is 1. The SMILES string of the molecule is CC(=O)c1cccc(N(/C=C/C(=O)C(F)(F)F)CC(=O)c2ccccc2)c1. The summed E-state index contributed by atoms with van der Waals surface area (Å²) in [6.07, 6.45) is -3.75. The summed E-state index contributed by atoms with van der Waals surface area (Å²) in [5.74, 6) is -2.63. The molecule has 0 spiro atoms. The van der Waals surface area contributed by atoms with E-state index in [2.05, 4.69) is 0 Å². The molecule has 0 fully saturated rings. The molecular formula is C20H16F3NO3. The Kier molecular flexibility index (Phi) is 6.28. The zero-order valence-corrected chi connectivity index (χ0v) is 14.4. The third-order valence-electron chi connectivity index (χ3n) is 3.68. The quantitative estimate of drug-likeness (QED) is 0.537. The highest BCUT2D eigenvalue weighted by molar-refractivity contribution is 6.00. The maximum atomic E-state index is 12.5. The number of Topliss-reactive ketones (excluding diaryl/α,β-unsaturated/α-hetero) is 2. The van der Waals surface area contributed by atoms with E-state index >= 15 is 0 Å². The average molecular weight is 375 g/mol. The highest BCUT2D eigenvalue weighted by Crippen LogP contribution is 2.20. The van der Waals surface area contributed by atoms with Crippen molar-refractivity contribution in [2.45, 2.75) is 13.1 Å². The predicted molar refractivity (Wildman–Crippen MR) is 94.8 cm³/mol. The van der Waals surface area contributed by atoms with E-state index in [4.69, 9.17) is 0 Å². The number of anilines is 1. The highest BCUT2D eigenvalue weighted by atomic mass is 19.4. The van der Waals surface area contributed by atoms with Crippen LogP contribution in [0.15, 0.2) is 66.9 Å². The van der Waals surface area contributed by atoms with Crippen LogP contribution in [0.25, 0.3) is 0 Å². The molecular weight excluding hydrogens is 359 g/mol. The third-order valence-corrected chi connectivity index (χ3v) is 3.68. The summed E-state index contributed by atoms with van der Waals surface area (Å²) >= 11 is 0. The maximum Gasteiger partial charge on any atom is 0.454 e. The summed E-state index contributed by atoms with van der Waals surface area (Å²) in [6, 6.07) is 14.3. The molecule has 0 aliphatic rings. The smallest absolute Gasteiger partial charge is 0.340 e. The van der Waals surface area contributed by atoms with Crippen molar-refractivity contribution in [1.29, 1.82) is 0 Å². The molecule has 0 N–H and O–H groups in total. The van der Waals surface area contributed by atoms with Crippen molar-refractivity contribution in [2.75, 3.05) is 11.4 Å². The highest BCUT2D eigenvalue weighted by Gasteiger charge is 2.36. The fraction of sp³-hybridized carbons (Fsp3) is 0.150. The second-order valence-electron chi connectivity index (χ2n) is 5.70. The van der Waals surface area contributed by atoms with Gasteiger partial charge < -0.3 is 4.90 Å². The van der Waals surface area contributed by atoms with E-state index in [0.717, 1.165) is 6.20 Å². The van der Waals surface area contributed by atoms with Gasteiger partial charge in [0.1, 0.15) is 0 Å². The Morgan fingerprint density at radius 1 is 0.963 bits per heavy atom. The fourth-order valence-electron chi connectivity index (χ4n) is 2.26. The summed E-state index contributed by atoms with van der Waals surface area (Å²) in [5.41, 5.74) is 1.03. The van der Waals surface area contributed by atoms with Crippen molar-refractivity contribution >= 4 is 23.0 Å². The standard InChI is InChI=1S/C20H16F3NO3/c1-14(25)16-8-5-9-17(12-16)24(11-10-19(27)20(21,22)23)13-18(26)15-6-3-2-4-7-15/h2-12H,13H2,1H3/b11-10+. The largest absolute Gasteiger partial charge is 0.454 e. The summed E-state index contributed by atoms with van der Waals surface area (Å²) in [7, 11) is 0. The second kappa shape index (κ2) is 8.44. The average Bonchev–Trinajstić information content (AvgIpc) is 2.64. The topological polar surface area (TPSA) is 54.5 Å². The van der Waals surface area contributed by atoms with Crippen LogP contribution in [-0.2, 0) is 4.79 Å². The van der Waals surface area contributed by atoms with Gasteiger partial charge in [0.25, 0.3) is 5.78 Å². The number of ketones is 3. The van der Waals surface area contributed by atoms with Crippen molar-refractivity contribution in [3.8, 4) is 0 Å². The van der Waals surface area contributed by atoms with E-state index < -0.39 is 12.0 Å².